The lowest BCUT2D eigenvalue weighted by molar-refractivity contribution is 0.105. The quantitative estimate of drug-likeness (QED) is 0.583. The minimum atomic E-state index is -0.784. The minimum Gasteiger partial charge on any atom is -0.403 e. The highest BCUT2D eigenvalue weighted by Gasteiger charge is 2.04. The number of H-pyrrole nitrogens is 1. The van der Waals surface area contributed by atoms with Gasteiger partial charge in [-0.1, -0.05) is 0 Å². The van der Waals surface area contributed by atoms with Crippen LogP contribution in [0.1, 0.15) is 10.6 Å². The summed E-state index contributed by atoms with van der Waals surface area (Å²) in [7, 11) is 0. The molecule has 0 aliphatic heterocycles. The first kappa shape index (κ1) is 6.10. The van der Waals surface area contributed by atoms with Crippen molar-refractivity contribution >= 4 is 16.8 Å². The highest BCUT2D eigenvalue weighted by molar-refractivity contribution is 6.67. The molecule has 0 aliphatic carbocycles. The summed E-state index contributed by atoms with van der Waals surface area (Å²) in [5, 5.41) is -0.784. The zero-order valence-electron chi connectivity index (χ0n) is 4.18. The number of rotatable bonds is 1. The van der Waals surface area contributed by atoms with E-state index in [0.29, 0.717) is 0 Å². The average molecular weight is 148 g/mol. The van der Waals surface area contributed by atoms with Gasteiger partial charge in [-0.15, -0.1) is 0 Å². The second-order valence-corrected chi connectivity index (χ2v) is 1.66. The number of carbonyl (C=O) groups excluding carboxylic acids is 1. The molecule has 9 heavy (non-hydrogen) atoms. The predicted molar refractivity (Wildman–Crippen MR) is 29.5 cm³/mol. The van der Waals surface area contributed by atoms with Gasteiger partial charge in [0.15, 0.2) is 0 Å². The average Bonchev–Trinajstić information content (AvgIpc) is 2.14. The maximum absolute atomic E-state index is 10.2. The van der Waals surface area contributed by atoms with E-state index in [1.165, 1.54) is 0 Å². The topological polar surface area (TPSA) is 63.1 Å². The molecule has 0 fully saturated rings. The van der Waals surface area contributed by atoms with Crippen molar-refractivity contribution in [3.8, 4) is 0 Å². The van der Waals surface area contributed by atoms with E-state index in [9.17, 15) is 9.59 Å². The molecule has 0 unspecified atom stereocenters. The van der Waals surface area contributed by atoms with Crippen LogP contribution < -0.4 is 5.76 Å². The number of carbonyl (C=O) groups is 1. The number of aromatic amines is 1. The fraction of sp³-hybridized carbons (Fsp3) is 0. The predicted octanol–water partition coefficient (Wildman–Crippen LogP) is 0.347. The zero-order chi connectivity index (χ0) is 6.85. The molecular formula is C4H2ClNO3. The van der Waals surface area contributed by atoms with Gasteiger partial charge in [-0.05, 0) is 11.6 Å². The minimum absolute atomic E-state index is 0.165. The van der Waals surface area contributed by atoms with Crippen LogP contribution in [0.5, 0.6) is 0 Å². The van der Waals surface area contributed by atoms with Crippen LogP contribution in [0.25, 0.3) is 0 Å². The van der Waals surface area contributed by atoms with E-state index in [1.807, 2.05) is 0 Å². The zero-order valence-corrected chi connectivity index (χ0v) is 4.94. The van der Waals surface area contributed by atoms with E-state index in [4.69, 9.17) is 11.6 Å². The van der Waals surface area contributed by atoms with Crippen molar-refractivity contribution in [1.82, 2.24) is 4.98 Å². The van der Waals surface area contributed by atoms with Crippen LogP contribution in [0, 0.1) is 0 Å². The third kappa shape index (κ3) is 1.20. The molecule has 0 amide bonds. The molecule has 0 atom stereocenters. The third-order valence-corrected chi connectivity index (χ3v) is 0.904. The number of hydrogen-bond donors (Lipinski definition) is 1. The van der Waals surface area contributed by atoms with Gasteiger partial charge in [0.05, 0.1) is 6.20 Å². The fourth-order valence-corrected chi connectivity index (χ4v) is 0.473. The first-order valence-corrected chi connectivity index (χ1v) is 2.46. The van der Waals surface area contributed by atoms with E-state index in [0.717, 1.165) is 6.20 Å². The van der Waals surface area contributed by atoms with E-state index >= 15 is 0 Å². The standard InChI is InChI=1S/C4H2ClNO3/c5-3(7)2-1-6-4(8)9-2/h1H,(H,6,8). The van der Waals surface area contributed by atoms with Crippen molar-refractivity contribution in [2.75, 3.05) is 0 Å². The van der Waals surface area contributed by atoms with E-state index in [-0.39, 0.29) is 5.76 Å². The van der Waals surface area contributed by atoms with E-state index in [1.54, 1.807) is 0 Å². The third-order valence-electron chi connectivity index (χ3n) is 0.717. The molecule has 0 saturated carbocycles. The van der Waals surface area contributed by atoms with Crippen LogP contribution >= 0.6 is 11.6 Å². The summed E-state index contributed by atoms with van der Waals surface area (Å²) in [6, 6.07) is 0. The molecule has 1 aromatic heterocycles. The molecule has 0 radical (unpaired) electrons. The van der Waals surface area contributed by atoms with Gasteiger partial charge < -0.3 is 4.42 Å². The molecule has 0 aromatic carbocycles. The maximum Gasteiger partial charge on any atom is 0.416 e. The van der Waals surface area contributed by atoms with Crippen LogP contribution in [0.4, 0.5) is 0 Å². The van der Waals surface area contributed by atoms with Crippen LogP contribution in [-0.2, 0) is 0 Å². The van der Waals surface area contributed by atoms with Crippen molar-refractivity contribution < 1.29 is 9.21 Å². The van der Waals surface area contributed by atoms with E-state index < -0.39 is 11.0 Å². The summed E-state index contributed by atoms with van der Waals surface area (Å²) >= 11 is 4.92. The molecule has 1 N–H and O–H groups in total. The van der Waals surface area contributed by atoms with Gasteiger partial charge in [-0.25, -0.2) is 4.79 Å². The van der Waals surface area contributed by atoms with Crippen LogP contribution in [0.2, 0.25) is 0 Å². The van der Waals surface area contributed by atoms with Crippen LogP contribution in [0.15, 0.2) is 15.4 Å². The Morgan fingerprint density at radius 3 is 2.67 bits per heavy atom. The summed E-state index contributed by atoms with van der Waals surface area (Å²) in [5.74, 6) is -0.847. The van der Waals surface area contributed by atoms with Gasteiger partial charge in [0.2, 0.25) is 5.76 Å². The Morgan fingerprint density at radius 1 is 1.78 bits per heavy atom. The molecule has 0 aliphatic rings. The van der Waals surface area contributed by atoms with Crippen molar-refractivity contribution in [2.24, 2.45) is 0 Å². The molecule has 5 heteroatoms. The number of hydrogen-bond acceptors (Lipinski definition) is 3. The Balaban J connectivity index is 3.12. The molecule has 1 aromatic rings. The highest BCUT2D eigenvalue weighted by Crippen LogP contribution is 1.96. The summed E-state index contributed by atoms with van der Waals surface area (Å²) in [6.45, 7) is 0. The summed E-state index contributed by atoms with van der Waals surface area (Å²) in [4.78, 5) is 22.5. The van der Waals surface area contributed by atoms with Gasteiger partial charge in [0, 0.05) is 0 Å². The Hall–Kier alpha value is -1.03. The number of nitrogens with one attached hydrogen (secondary N) is 1. The van der Waals surface area contributed by atoms with Gasteiger partial charge >= 0.3 is 5.76 Å². The van der Waals surface area contributed by atoms with E-state index in [2.05, 4.69) is 9.40 Å². The lowest BCUT2D eigenvalue weighted by Crippen LogP contribution is -1.93. The van der Waals surface area contributed by atoms with Crippen LogP contribution in [-0.4, -0.2) is 10.2 Å². The number of oxazole rings is 1. The monoisotopic (exact) mass is 147 g/mol. The Bertz CT molecular complexity index is 273. The highest BCUT2D eigenvalue weighted by atomic mass is 35.5. The Labute approximate surface area is 54.4 Å². The number of halogens is 1. The van der Waals surface area contributed by atoms with Gasteiger partial charge in [-0.2, -0.15) is 0 Å². The molecule has 48 valence electrons. The molecule has 1 rings (SSSR count). The Kier molecular flexibility index (Phi) is 1.40. The Morgan fingerprint density at radius 2 is 2.44 bits per heavy atom. The SMILES string of the molecule is O=C(Cl)c1c[nH]c(=O)o1. The fourth-order valence-electron chi connectivity index (χ4n) is 0.380. The van der Waals surface area contributed by atoms with Crippen molar-refractivity contribution in [3.63, 3.8) is 0 Å². The molecule has 4 nitrogen and oxygen atoms in total. The lowest BCUT2D eigenvalue weighted by atomic mass is 10.6. The smallest absolute Gasteiger partial charge is 0.403 e. The van der Waals surface area contributed by atoms with Gasteiger partial charge in [0.1, 0.15) is 0 Å². The normalized spacial score (nSPS) is 9.44. The van der Waals surface area contributed by atoms with Crippen molar-refractivity contribution in [3.05, 3.63) is 22.5 Å². The molecule has 0 spiro atoms. The second kappa shape index (κ2) is 2.06. The van der Waals surface area contributed by atoms with Crippen molar-refractivity contribution in [2.45, 2.75) is 0 Å². The summed E-state index contributed by atoms with van der Waals surface area (Å²) in [5.41, 5.74) is 0. The van der Waals surface area contributed by atoms with Gasteiger partial charge in [-0.3, -0.25) is 9.78 Å². The van der Waals surface area contributed by atoms with Crippen LogP contribution in [0.3, 0.4) is 0 Å². The molecular weight excluding hydrogens is 146 g/mol. The first-order chi connectivity index (χ1) is 4.20. The molecule has 0 bridgehead atoms. The summed E-state index contributed by atoms with van der Waals surface area (Å²) in [6.07, 6.45) is 1.11. The molecule has 0 saturated heterocycles. The van der Waals surface area contributed by atoms with Crippen molar-refractivity contribution in [1.29, 1.82) is 0 Å². The second-order valence-electron chi connectivity index (χ2n) is 1.32. The lowest BCUT2D eigenvalue weighted by Gasteiger charge is -1.75. The first-order valence-electron chi connectivity index (χ1n) is 2.08. The number of aromatic nitrogens is 1. The van der Waals surface area contributed by atoms with Gasteiger partial charge in [0.25, 0.3) is 5.24 Å². The summed E-state index contributed by atoms with van der Waals surface area (Å²) < 4.78 is 4.25. The molecule has 1 heterocycles. The largest absolute Gasteiger partial charge is 0.416 e. The maximum atomic E-state index is 10.2.